The molecule has 0 saturated carbocycles. The highest BCUT2D eigenvalue weighted by Crippen LogP contribution is 2.21. The molecule has 0 aliphatic rings. The second-order valence-electron chi connectivity index (χ2n) is 5.25. The van der Waals surface area contributed by atoms with Crippen LogP contribution in [0.4, 0.5) is 0 Å². The Kier molecular flexibility index (Phi) is 11.6. The molecule has 3 aromatic carbocycles. The number of benzene rings is 3. The maximum absolute atomic E-state index is 10.8. The van der Waals surface area contributed by atoms with Crippen LogP contribution in [0.15, 0.2) is 84.9 Å². The van der Waals surface area contributed by atoms with Gasteiger partial charge in [-0.1, -0.05) is 90.5 Å². The number of aryl methyl sites for hydroxylation is 1. The summed E-state index contributed by atoms with van der Waals surface area (Å²) < 4.78 is 4.42. The van der Waals surface area contributed by atoms with Gasteiger partial charge in [-0.25, -0.2) is 0 Å². The first-order chi connectivity index (χ1) is 12.7. The van der Waals surface area contributed by atoms with Crippen LogP contribution in [0, 0.1) is 6.92 Å². The zero-order valence-corrected chi connectivity index (χ0v) is 16.1. The number of rotatable bonds is 4. The van der Waals surface area contributed by atoms with Crippen LogP contribution in [0.5, 0.6) is 0 Å². The summed E-state index contributed by atoms with van der Waals surface area (Å²) in [5.41, 5.74) is 4.12. The van der Waals surface area contributed by atoms with E-state index >= 15 is 0 Å². The van der Waals surface area contributed by atoms with Crippen LogP contribution in [0.2, 0.25) is 0 Å². The number of carbonyl (C=O) groups is 1. The highest BCUT2D eigenvalue weighted by molar-refractivity contribution is 7.24. The summed E-state index contributed by atoms with van der Waals surface area (Å²) in [6.45, 7) is 4.53. The lowest BCUT2D eigenvalue weighted by molar-refractivity contribution is 0.112. The van der Waals surface area contributed by atoms with Crippen LogP contribution in [0.3, 0.4) is 0 Å². The van der Waals surface area contributed by atoms with Gasteiger partial charge in [0.25, 0.3) is 0 Å². The Balaban J connectivity index is 0.000000235. The van der Waals surface area contributed by atoms with Gasteiger partial charge in [0.05, 0.1) is 6.61 Å². The maximum Gasteiger partial charge on any atom is 0.152 e. The van der Waals surface area contributed by atoms with Crippen molar-refractivity contribution in [2.24, 2.45) is 0 Å². The first-order valence-electron chi connectivity index (χ1n) is 8.35. The Labute approximate surface area is 157 Å². The van der Waals surface area contributed by atoms with Gasteiger partial charge in [-0.2, -0.15) is 0 Å². The smallest absolute Gasteiger partial charge is 0.152 e. The molecular formula is C22H25O3P. The van der Waals surface area contributed by atoms with E-state index < -0.39 is 0 Å². The van der Waals surface area contributed by atoms with Gasteiger partial charge in [0.1, 0.15) is 0 Å². The predicted octanol–water partition coefficient (Wildman–Crippen LogP) is 5.68. The van der Waals surface area contributed by atoms with Crippen LogP contribution in [-0.4, -0.2) is 17.8 Å². The summed E-state index contributed by atoms with van der Waals surface area (Å²) in [5.74, 6) is 0. The number of hydrogen-bond acceptors (Lipinski definition) is 3. The summed E-state index contributed by atoms with van der Waals surface area (Å²) in [7, 11) is -0.342. The molecule has 4 heteroatoms. The molecule has 0 radical (unpaired) electrons. The predicted molar refractivity (Wildman–Crippen MR) is 111 cm³/mol. The summed E-state index contributed by atoms with van der Waals surface area (Å²) >= 11 is 0. The third-order valence-electron chi connectivity index (χ3n) is 3.32. The maximum atomic E-state index is 10.8. The van der Waals surface area contributed by atoms with Crippen molar-refractivity contribution in [3.8, 4) is 11.1 Å². The number of carbonyl (C=O) groups excluding carboxylic acids is 1. The summed E-state index contributed by atoms with van der Waals surface area (Å²) in [5, 5.41) is 0. The highest BCUT2D eigenvalue weighted by Gasteiger charge is 2.01. The molecule has 0 amide bonds. The Hall–Kier alpha value is -2.32. The third kappa shape index (κ3) is 8.68. The normalized spacial score (nSPS) is 9.65. The molecule has 0 aliphatic heterocycles. The second kappa shape index (κ2) is 13.9. The molecule has 1 unspecified atom stereocenters. The molecule has 3 nitrogen and oxygen atoms in total. The van der Waals surface area contributed by atoms with Gasteiger partial charge in [-0.05, 0) is 25.0 Å². The molecule has 0 aromatic heterocycles. The van der Waals surface area contributed by atoms with Crippen molar-refractivity contribution in [2.45, 2.75) is 13.8 Å². The fourth-order valence-electron chi connectivity index (χ4n) is 2.08. The summed E-state index contributed by atoms with van der Waals surface area (Å²) in [4.78, 5) is 18.7. The van der Waals surface area contributed by atoms with E-state index in [0.717, 1.165) is 23.0 Å². The quantitative estimate of drug-likeness (QED) is 0.476. The Morgan fingerprint density at radius 3 is 1.85 bits per heavy atom. The van der Waals surface area contributed by atoms with Gasteiger partial charge in [0.2, 0.25) is 0 Å². The molecule has 26 heavy (non-hydrogen) atoms. The van der Waals surface area contributed by atoms with Crippen molar-refractivity contribution in [2.75, 3.05) is 6.61 Å². The second-order valence-corrected chi connectivity index (χ2v) is 5.72. The van der Waals surface area contributed by atoms with E-state index in [1.54, 1.807) is 0 Å². The average Bonchev–Trinajstić information content (AvgIpc) is 2.71. The molecule has 3 rings (SSSR count). The molecule has 0 bridgehead atoms. The topological polar surface area (TPSA) is 46.5 Å². The SMILES string of the molecule is CCOPO.Cc1ccccc1.O=Cc1ccccc1-c1ccccc1. The lowest BCUT2D eigenvalue weighted by Crippen LogP contribution is -1.85. The molecule has 0 heterocycles. The molecule has 0 spiro atoms. The zero-order chi connectivity index (χ0) is 19.0. The summed E-state index contributed by atoms with van der Waals surface area (Å²) in [6, 6.07) is 27.8. The Morgan fingerprint density at radius 1 is 0.885 bits per heavy atom. The Morgan fingerprint density at radius 2 is 1.42 bits per heavy atom. The molecule has 136 valence electrons. The molecule has 0 saturated heterocycles. The van der Waals surface area contributed by atoms with Gasteiger partial charge in [0.15, 0.2) is 15.3 Å². The van der Waals surface area contributed by atoms with Gasteiger partial charge in [0, 0.05) is 5.56 Å². The van der Waals surface area contributed by atoms with Gasteiger partial charge in [-0.3, -0.25) is 4.79 Å². The van der Waals surface area contributed by atoms with E-state index in [1.807, 2.05) is 79.7 Å². The first-order valence-corrected chi connectivity index (χ1v) is 9.20. The van der Waals surface area contributed by atoms with Crippen molar-refractivity contribution >= 4 is 15.3 Å². The van der Waals surface area contributed by atoms with Crippen molar-refractivity contribution in [3.63, 3.8) is 0 Å². The zero-order valence-electron chi connectivity index (χ0n) is 15.1. The van der Waals surface area contributed by atoms with Gasteiger partial charge < -0.3 is 9.42 Å². The van der Waals surface area contributed by atoms with Crippen LogP contribution in [0.25, 0.3) is 11.1 Å². The van der Waals surface area contributed by atoms with Crippen LogP contribution >= 0.6 is 9.03 Å². The largest absolute Gasteiger partial charge is 0.352 e. The van der Waals surface area contributed by atoms with E-state index in [9.17, 15) is 4.79 Å². The van der Waals surface area contributed by atoms with Crippen LogP contribution in [-0.2, 0) is 4.52 Å². The molecule has 1 N–H and O–H groups in total. The summed E-state index contributed by atoms with van der Waals surface area (Å²) in [6.07, 6.45) is 0.891. The van der Waals surface area contributed by atoms with Crippen LogP contribution in [0.1, 0.15) is 22.8 Å². The van der Waals surface area contributed by atoms with Gasteiger partial charge >= 0.3 is 0 Å². The number of hydrogen-bond donors (Lipinski definition) is 1. The van der Waals surface area contributed by atoms with Gasteiger partial charge in [-0.15, -0.1) is 0 Å². The standard InChI is InChI=1S/C13H10O.C7H8.C2H7O2P/c14-10-12-8-4-5-9-13(12)11-6-2-1-3-7-11;1-7-5-3-2-4-6-7;1-2-4-5-3/h1-10H;2-6H,1H3;3,5H,2H2,1H3. The Bertz CT molecular complexity index is 729. The highest BCUT2D eigenvalue weighted by atomic mass is 31.1. The fourth-order valence-corrected chi connectivity index (χ4v) is 2.21. The lowest BCUT2D eigenvalue weighted by atomic mass is 10.0. The van der Waals surface area contributed by atoms with Crippen LogP contribution < -0.4 is 0 Å². The fraction of sp³-hybridized carbons (Fsp3) is 0.136. The van der Waals surface area contributed by atoms with E-state index in [1.165, 1.54) is 5.56 Å². The molecule has 0 aliphatic carbocycles. The van der Waals surface area contributed by atoms with E-state index in [-0.39, 0.29) is 9.03 Å². The van der Waals surface area contributed by atoms with E-state index in [0.29, 0.717) is 6.61 Å². The average molecular weight is 368 g/mol. The van der Waals surface area contributed by atoms with Crippen molar-refractivity contribution in [1.82, 2.24) is 0 Å². The minimum absolute atomic E-state index is 0.342. The molecule has 3 aromatic rings. The number of aldehydes is 1. The third-order valence-corrected chi connectivity index (χ3v) is 3.74. The lowest BCUT2D eigenvalue weighted by Gasteiger charge is -2.03. The van der Waals surface area contributed by atoms with Crippen molar-refractivity contribution in [3.05, 3.63) is 96.1 Å². The minimum Gasteiger partial charge on any atom is -0.352 e. The monoisotopic (exact) mass is 368 g/mol. The minimum atomic E-state index is -0.342. The molecule has 1 atom stereocenters. The van der Waals surface area contributed by atoms with E-state index in [4.69, 9.17) is 4.89 Å². The van der Waals surface area contributed by atoms with Crippen molar-refractivity contribution < 1.29 is 14.2 Å². The first kappa shape index (κ1) is 21.7. The van der Waals surface area contributed by atoms with Crippen molar-refractivity contribution in [1.29, 1.82) is 0 Å². The molecule has 0 fully saturated rings. The van der Waals surface area contributed by atoms with E-state index in [2.05, 4.69) is 23.6 Å². The molecular weight excluding hydrogens is 343 g/mol.